The van der Waals surface area contributed by atoms with Crippen LogP contribution >= 0.6 is 0 Å². The molecule has 7 nitrogen and oxygen atoms in total. The predicted molar refractivity (Wildman–Crippen MR) is 71.9 cm³/mol. The molecule has 2 rings (SSSR count). The van der Waals surface area contributed by atoms with Crippen LogP contribution in [0.15, 0.2) is 35.2 Å². The summed E-state index contributed by atoms with van der Waals surface area (Å²) in [5.74, 6) is -1.10. The van der Waals surface area contributed by atoms with E-state index >= 15 is 0 Å². The topological polar surface area (TPSA) is 103 Å². The normalized spacial score (nSPS) is 11.8. The summed E-state index contributed by atoms with van der Waals surface area (Å²) in [5, 5.41) is 15.1. The van der Waals surface area contributed by atoms with Gasteiger partial charge < -0.3 is 5.11 Å². The van der Waals surface area contributed by atoms with E-state index in [1.807, 2.05) is 0 Å². The summed E-state index contributed by atoms with van der Waals surface area (Å²) in [4.78, 5) is 10.9. The Balaban J connectivity index is 2.35. The van der Waals surface area contributed by atoms with Crippen LogP contribution in [0.4, 0.5) is 0 Å². The minimum Gasteiger partial charge on any atom is -0.477 e. The standard InChI is InChI=1S/C12H13N3O4S/c1-15(2)20(18,19)9-5-3-8(4-6-9)10-7-11(12(16)17)14-13-10/h3-7H,1-2H3,(H,13,14)(H,16,17). The molecule has 0 radical (unpaired) electrons. The van der Waals surface area contributed by atoms with Crippen molar-refractivity contribution in [1.29, 1.82) is 0 Å². The maximum atomic E-state index is 11.9. The largest absolute Gasteiger partial charge is 0.477 e. The van der Waals surface area contributed by atoms with E-state index in [0.29, 0.717) is 11.3 Å². The third-order valence-electron chi connectivity index (χ3n) is 2.74. The number of aromatic nitrogens is 2. The molecule has 0 bridgehead atoms. The van der Waals surface area contributed by atoms with Crippen LogP contribution in [0.2, 0.25) is 0 Å². The summed E-state index contributed by atoms with van der Waals surface area (Å²) in [6.45, 7) is 0. The van der Waals surface area contributed by atoms with E-state index in [2.05, 4.69) is 10.2 Å². The van der Waals surface area contributed by atoms with Crippen molar-refractivity contribution in [2.45, 2.75) is 4.90 Å². The Morgan fingerprint density at radius 1 is 1.25 bits per heavy atom. The van der Waals surface area contributed by atoms with Crippen molar-refractivity contribution in [2.75, 3.05) is 14.1 Å². The fourth-order valence-corrected chi connectivity index (χ4v) is 2.49. The maximum Gasteiger partial charge on any atom is 0.353 e. The van der Waals surface area contributed by atoms with E-state index in [4.69, 9.17) is 5.11 Å². The van der Waals surface area contributed by atoms with Gasteiger partial charge in [-0.3, -0.25) is 5.10 Å². The molecule has 2 aromatic rings. The molecule has 0 atom stereocenters. The molecule has 2 N–H and O–H groups in total. The SMILES string of the molecule is CN(C)S(=O)(=O)c1ccc(-c2cc(C(=O)O)[nH]n2)cc1. The zero-order valence-electron chi connectivity index (χ0n) is 10.9. The third kappa shape index (κ3) is 2.56. The molecule has 0 saturated carbocycles. The molecule has 0 aliphatic rings. The van der Waals surface area contributed by atoms with Gasteiger partial charge in [0.2, 0.25) is 10.0 Å². The van der Waals surface area contributed by atoms with Crippen molar-refractivity contribution in [2.24, 2.45) is 0 Å². The van der Waals surface area contributed by atoms with Gasteiger partial charge in [-0.2, -0.15) is 5.10 Å². The number of hydrogen-bond donors (Lipinski definition) is 2. The third-order valence-corrected chi connectivity index (χ3v) is 4.57. The molecule has 0 unspecified atom stereocenters. The van der Waals surface area contributed by atoms with E-state index < -0.39 is 16.0 Å². The summed E-state index contributed by atoms with van der Waals surface area (Å²) < 4.78 is 24.9. The Morgan fingerprint density at radius 2 is 1.85 bits per heavy atom. The van der Waals surface area contributed by atoms with E-state index in [1.54, 1.807) is 12.1 Å². The second-order valence-electron chi connectivity index (χ2n) is 4.28. The summed E-state index contributed by atoms with van der Waals surface area (Å²) >= 11 is 0. The number of benzene rings is 1. The van der Waals surface area contributed by atoms with E-state index in [1.165, 1.54) is 32.3 Å². The van der Waals surface area contributed by atoms with Crippen LogP contribution in [-0.2, 0) is 10.0 Å². The molecule has 0 fully saturated rings. The second kappa shape index (κ2) is 5.06. The highest BCUT2D eigenvalue weighted by atomic mass is 32.2. The monoisotopic (exact) mass is 295 g/mol. The molecule has 0 spiro atoms. The number of aromatic carboxylic acids is 1. The zero-order valence-corrected chi connectivity index (χ0v) is 11.7. The Hall–Kier alpha value is -2.19. The molecule has 0 saturated heterocycles. The Bertz CT molecular complexity index is 732. The first-order chi connectivity index (χ1) is 9.32. The quantitative estimate of drug-likeness (QED) is 0.876. The Kier molecular flexibility index (Phi) is 3.60. The number of aromatic amines is 1. The molecule has 1 aromatic heterocycles. The predicted octanol–water partition coefficient (Wildman–Crippen LogP) is 1.03. The number of H-pyrrole nitrogens is 1. The first kappa shape index (κ1) is 14.2. The maximum absolute atomic E-state index is 11.9. The van der Waals surface area contributed by atoms with Gasteiger partial charge in [-0.05, 0) is 18.2 Å². The lowest BCUT2D eigenvalue weighted by Crippen LogP contribution is -2.22. The van der Waals surface area contributed by atoms with Gasteiger partial charge in [0.25, 0.3) is 0 Å². The van der Waals surface area contributed by atoms with Crippen LogP contribution in [0, 0.1) is 0 Å². The molecule has 0 aliphatic heterocycles. The highest BCUT2D eigenvalue weighted by Gasteiger charge is 2.17. The minimum atomic E-state index is -3.47. The van der Waals surface area contributed by atoms with Gasteiger partial charge in [0.05, 0.1) is 10.6 Å². The molecule has 20 heavy (non-hydrogen) atoms. The lowest BCUT2D eigenvalue weighted by molar-refractivity contribution is 0.0690. The molecule has 0 aliphatic carbocycles. The number of hydrogen-bond acceptors (Lipinski definition) is 4. The van der Waals surface area contributed by atoms with Crippen LogP contribution in [0.1, 0.15) is 10.5 Å². The van der Waals surface area contributed by atoms with Crippen molar-refractivity contribution < 1.29 is 18.3 Å². The van der Waals surface area contributed by atoms with Crippen molar-refractivity contribution >= 4 is 16.0 Å². The second-order valence-corrected chi connectivity index (χ2v) is 6.44. The molecule has 8 heteroatoms. The van der Waals surface area contributed by atoms with Gasteiger partial charge in [-0.15, -0.1) is 0 Å². The highest BCUT2D eigenvalue weighted by molar-refractivity contribution is 7.89. The molecule has 0 amide bonds. The number of rotatable bonds is 4. The Labute approximate surface area is 115 Å². The van der Waals surface area contributed by atoms with Crippen molar-refractivity contribution in [3.05, 3.63) is 36.0 Å². The molecule has 106 valence electrons. The van der Waals surface area contributed by atoms with Crippen LogP contribution < -0.4 is 0 Å². The van der Waals surface area contributed by atoms with Gasteiger partial charge in [0.15, 0.2) is 0 Å². The smallest absolute Gasteiger partial charge is 0.353 e. The fourth-order valence-electron chi connectivity index (χ4n) is 1.59. The first-order valence-electron chi connectivity index (χ1n) is 5.64. The van der Waals surface area contributed by atoms with Crippen molar-refractivity contribution in [1.82, 2.24) is 14.5 Å². The van der Waals surface area contributed by atoms with Gasteiger partial charge in [0.1, 0.15) is 5.69 Å². The zero-order chi connectivity index (χ0) is 14.9. The van der Waals surface area contributed by atoms with Gasteiger partial charge in [0, 0.05) is 19.7 Å². The summed E-state index contributed by atoms with van der Waals surface area (Å²) in [6.07, 6.45) is 0. The van der Waals surface area contributed by atoms with Gasteiger partial charge >= 0.3 is 5.97 Å². The number of carboxylic acid groups (broad SMARTS) is 1. The van der Waals surface area contributed by atoms with Crippen LogP contribution in [0.5, 0.6) is 0 Å². The number of nitrogens with zero attached hydrogens (tertiary/aromatic N) is 2. The average Bonchev–Trinajstić information content (AvgIpc) is 2.88. The number of nitrogens with one attached hydrogen (secondary N) is 1. The number of sulfonamides is 1. The average molecular weight is 295 g/mol. The fraction of sp³-hybridized carbons (Fsp3) is 0.167. The van der Waals surface area contributed by atoms with E-state index in [0.717, 1.165) is 4.31 Å². The molecule has 1 aromatic carbocycles. The first-order valence-corrected chi connectivity index (χ1v) is 7.08. The van der Waals surface area contributed by atoms with Crippen LogP contribution in [0.25, 0.3) is 11.3 Å². The number of carboxylic acids is 1. The minimum absolute atomic E-state index is 0.0232. The lowest BCUT2D eigenvalue weighted by atomic mass is 10.1. The van der Waals surface area contributed by atoms with Gasteiger partial charge in [-0.25, -0.2) is 17.5 Å². The van der Waals surface area contributed by atoms with Crippen LogP contribution in [0.3, 0.4) is 0 Å². The van der Waals surface area contributed by atoms with Crippen LogP contribution in [-0.4, -0.2) is 48.1 Å². The molecule has 1 heterocycles. The molecular formula is C12H13N3O4S. The summed E-state index contributed by atoms with van der Waals surface area (Å²) in [6, 6.07) is 7.47. The van der Waals surface area contributed by atoms with E-state index in [-0.39, 0.29) is 10.6 Å². The van der Waals surface area contributed by atoms with Gasteiger partial charge in [-0.1, -0.05) is 12.1 Å². The Morgan fingerprint density at radius 3 is 2.30 bits per heavy atom. The van der Waals surface area contributed by atoms with Crippen molar-refractivity contribution in [3.8, 4) is 11.3 Å². The summed E-state index contributed by atoms with van der Waals surface area (Å²) in [7, 11) is -0.564. The molecular weight excluding hydrogens is 282 g/mol. The van der Waals surface area contributed by atoms with E-state index in [9.17, 15) is 13.2 Å². The highest BCUT2D eigenvalue weighted by Crippen LogP contribution is 2.21. The van der Waals surface area contributed by atoms with Crippen molar-refractivity contribution in [3.63, 3.8) is 0 Å². The number of carbonyl (C=O) groups is 1. The lowest BCUT2D eigenvalue weighted by Gasteiger charge is -2.11. The summed E-state index contributed by atoms with van der Waals surface area (Å²) in [5.41, 5.74) is 1.05.